The molecule has 9 atom stereocenters. The number of rotatable bonds is 1. The molecule has 4 aliphatic rings. The highest BCUT2D eigenvalue weighted by atomic mass is 16.4. The largest absolute Gasteiger partial charge is 0.393 e. The van der Waals surface area contributed by atoms with E-state index in [0.717, 1.165) is 32.1 Å². The second-order valence-electron chi connectivity index (χ2n) is 11.4. The van der Waals surface area contributed by atoms with E-state index < -0.39 is 17.3 Å². The van der Waals surface area contributed by atoms with Gasteiger partial charge in [-0.15, -0.1) is 0 Å². The highest BCUT2D eigenvalue weighted by molar-refractivity contribution is 5.83. The fourth-order valence-corrected chi connectivity index (χ4v) is 8.51. The molecule has 4 fully saturated rings. The Bertz CT molecular complexity index is 659. The Kier molecular flexibility index (Phi) is 4.10. The summed E-state index contributed by atoms with van der Waals surface area (Å²) in [5.74, 6) is 1.41. The molecule has 0 aromatic heterocycles. The lowest BCUT2D eigenvalue weighted by Gasteiger charge is -2.68. The highest BCUT2D eigenvalue weighted by Gasteiger charge is 2.72. The van der Waals surface area contributed by atoms with Crippen molar-refractivity contribution in [2.75, 3.05) is 0 Å². The Labute approximate surface area is 163 Å². The van der Waals surface area contributed by atoms with Gasteiger partial charge in [0.05, 0.1) is 11.7 Å². The normalized spacial score (nSPS) is 60.3. The molecule has 3 N–H and O–H groups in total. The second kappa shape index (κ2) is 5.58. The summed E-state index contributed by atoms with van der Waals surface area (Å²) >= 11 is 0. The number of ketones is 1. The Morgan fingerprint density at radius 3 is 2.04 bits per heavy atom. The zero-order valence-corrected chi connectivity index (χ0v) is 17.7. The molecule has 4 aliphatic carbocycles. The fraction of sp³-hybridized carbons (Fsp3) is 0.957. The number of aliphatic hydroxyl groups is 3. The molecule has 154 valence electrons. The average Bonchev–Trinajstić information content (AvgIpc) is 2.84. The third-order valence-corrected chi connectivity index (χ3v) is 10.6. The maximum Gasteiger partial charge on any atom is 0.136 e. The number of aliphatic hydroxyl groups excluding tert-OH is 1. The molecule has 4 nitrogen and oxygen atoms in total. The van der Waals surface area contributed by atoms with Crippen LogP contribution < -0.4 is 0 Å². The molecule has 4 heteroatoms. The van der Waals surface area contributed by atoms with Crippen LogP contribution in [0.25, 0.3) is 0 Å². The summed E-state index contributed by atoms with van der Waals surface area (Å²) in [7, 11) is 0. The number of hydrogen-bond donors (Lipinski definition) is 3. The zero-order chi connectivity index (χ0) is 20.0. The van der Waals surface area contributed by atoms with Crippen LogP contribution in [0.15, 0.2) is 0 Å². The van der Waals surface area contributed by atoms with Crippen molar-refractivity contribution < 1.29 is 20.1 Å². The summed E-state index contributed by atoms with van der Waals surface area (Å²) in [6, 6.07) is 0. The van der Waals surface area contributed by atoms with Crippen LogP contribution in [0, 0.1) is 34.0 Å². The lowest BCUT2D eigenvalue weighted by Crippen LogP contribution is -2.73. The first-order chi connectivity index (χ1) is 12.3. The lowest BCUT2D eigenvalue weighted by atomic mass is 9.39. The molecule has 0 saturated heterocycles. The van der Waals surface area contributed by atoms with E-state index in [4.69, 9.17) is 0 Å². The van der Waals surface area contributed by atoms with Crippen LogP contribution in [0.4, 0.5) is 0 Å². The minimum Gasteiger partial charge on any atom is -0.393 e. The summed E-state index contributed by atoms with van der Waals surface area (Å²) < 4.78 is 0. The van der Waals surface area contributed by atoms with Gasteiger partial charge in [0.1, 0.15) is 11.4 Å². The van der Waals surface area contributed by atoms with E-state index in [2.05, 4.69) is 20.8 Å². The van der Waals surface area contributed by atoms with E-state index in [1.165, 1.54) is 0 Å². The molecule has 0 aromatic carbocycles. The smallest absolute Gasteiger partial charge is 0.136 e. The maximum absolute atomic E-state index is 12.6. The van der Waals surface area contributed by atoms with Gasteiger partial charge in [-0.2, -0.15) is 0 Å². The van der Waals surface area contributed by atoms with Crippen LogP contribution in [0.3, 0.4) is 0 Å². The van der Waals surface area contributed by atoms with E-state index in [0.29, 0.717) is 36.4 Å². The van der Waals surface area contributed by atoms with E-state index in [-0.39, 0.29) is 22.7 Å². The predicted octanol–water partition coefficient (Wildman–Crippen LogP) is 3.46. The summed E-state index contributed by atoms with van der Waals surface area (Å²) in [5.41, 5.74) is -3.12. The second-order valence-corrected chi connectivity index (χ2v) is 11.4. The molecule has 4 saturated carbocycles. The Morgan fingerprint density at radius 2 is 1.41 bits per heavy atom. The average molecular weight is 379 g/mol. The molecule has 0 amide bonds. The molecule has 0 heterocycles. The molecule has 0 aromatic rings. The summed E-state index contributed by atoms with van der Waals surface area (Å²) in [4.78, 5) is 12.6. The number of carbonyl (C=O) groups excluding carboxylic acids is 1. The highest BCUT2D eigenvalue weighted by Crippen LogP contribution is 2.72. The van der Waals surface area contributed by atoms with Crippen LogP contribution >= 0.6 is 0 Å². The Morgan fingerprint density at radius 1 is 0.852 bits per heavy atom. The summed E-state index contributed by atoms with van der Waals surface area (Å²) in [6.45, 7) is 10.2. The summed E-state index contributed by atoms with van der Waals surface area (Å²) in [5, 5.41) is 33.5. The van der Waals surface area contributed by atoms with Crippen LogP contribution in [0.2, 0.25) is 0 Å². The quantitative estimate of drug-likeness (QED) is 0.653. The number of carbonyl (C=O) groups is 1. The van der Waals surface area contributed by atoms with Gasteiger partial charge in [-0.1, -0.05) is 20.8 Å². The molecule has 0 aliphatic heterocycles. The van der Waals surface area contributed by atoms with Gasteiger partial charge >= 0.3 is 0 Å². The molecule has 0 spiro atoms. The van der Waals surface area contributed by atoms with Crippen molar-refractivity contribution >= 4 is 5.78 Å². The first-order valence-corrected chi connectivity index (χ1v) is 11.0. The van der Waals surface area contributed by atoms with Gasteiger partial charge in [0.2, 0.25) is 0 Å². The first-order valence-electron chi connectivity index (χ1n) is 11.0. The van der Waals surface area contributed by atoms with Gasteiger partial charge < -0.3 is 15.3 Å². The molecule has 4 rings (SSSR count). The number of fused-ring (bicyclic) bond motifs is 5. The van der Waals surface area contributed by atoms with E-state index in [9.17, 15) is 20.1 Å². The van der Waals surface area contributed by atoms with Crippen LogP contribution in [-0.2, 0) is 4.79 Å². The first kappa shape index (κ1) is 19.8. The van der Waals surface area contributed by atoms with E-state index >= 15 is 0 Å². The van der Waals surface area contributed by atoms with E-state index in [1.807, 2.05) is 0 Å². The standard InChI is InChI=1S/C23H38O4/c1-14(24)19(2)10-7-17-16-13-22(5,26)23(27)12-15(25)6-9-21(23,4)18(16)8-11-20(17,19)3/h15-18,25-27H,6-13H2,1-5H3/t15-,16-,17-,18-,19+,20-,21+,22+,23+/m0/s1. The van der Waals surface area contributed by atoms with Gasteiger partial charge in [0, 0.05) is 17.3 Å². The third-order valence-electron chi connectivity index (χ3n) is 10.6. The Balaban J connectivity index is 1.76. The number of Topliss-reactive ketones (excluding diaryl/α,β-unsaturated/α-hetero) is 1. The van der Waals surface area contributed by atoms with Crippen molar-refractivity contribution in [1.82, 2.24) is 0 Å². The van der Waals surface area contributed by atoms with Gasteiger partial charge in [-0.3, -0.25) is 4.79 Å². The monoisotopic (exact) mass is 378 g/mol. The van der Waals surface area contributed by atoms with Crippen molar-refractivity contribution in [3.05, 3.63) is 0 Å². The van der Waals surface area contributed by atoms with Crippen LogP contribution in [0.1, 0.15) is 86.0 Å². The third kappa shape index (κ3) is 2.18. The SMILES string of the molecule is CC(=O)[C@@]1(C)CC[C@H]2[C@@H]3C[C@@](C)(O)[C@@]4(O)C[C@@H](O)CC[C@]4(C)[C@H]3CC[C@@]21C. The van der Waals surface area contributed by atoms with Crippen molar-refractivity contribution in [2.24, 2.45) is 34.0 Å². The maximum atomic E-state index is 12.6. The van der Waals surface area contributed by atoms with E-state index in [1.54, 1.807) is 13.8 Å². The topological polar surface area (TPSA) is 77.8 Å². The van der Waals surface area contributed by atoms with Crippen molar-refractivity contribution in [3.8, 4) is 0 Å². The Hall–Kier alpha value is -0.450. The predicted molar refractivity (Wildman–Crippen MR) is 104 cm³/mol. The van der Waals surface area contributed by atoms with Gasteiger partial charge in [0.15, 0.2) is 0 Å². The molecule has 0 radical (unpaired) electrons. The van der Waals surface area contributed by atoms with Gasteiger partial charge in [-0.05, 0) is 82.0 Å². The van der Waals surface area contributed by atoms with Crippen molar-refractivity contribution in [3.63, 3.8) is 0 Å². The van der Waals surface area contributed by atoms with Crippen LogP contribution in [0.5, 0.6) is 0 Å². The minimum absolute atomic E-state index is 0.0178. The lowest BCUT2D eigenvalue weighted by molar-refractivity contribution is -0.301. The van der Waals surface area contributed by atoms with Crippen LogP contribution in [-0.4, -0.2) is 38.4 Å². The molecule has 0 bridgehead atoms. The van der Waals surface area contributed by atoms with Gasteiger partial charge in [-0.25, -0.2) is 0 Å². The fourth-order valence-electron chi connectivity index (χ4n) is 8.51. The van der Waals surface area contributed by atoms with Gasteiger partial charge in [0.25, 0.3) is 0 Å². The van der Waals surface area contributed by atoms with Crippen molar-refractivity contribution in [2.45, 2.75) is 103 Å². The minimum atomic E-state index is -1.24. The molecule has 27 heavy (non-hydrogen) atoms. The molecular formula is C23H38O4. The number of hydrogen-bond acceptors (Lipinski definition) is 4. The zero-order valence-electron chi connectivity index (χ0n) is 17.7. The van der Waals surface area contributed by atoms with Crippen molar-refractivity contribution in [1.29, 1.82) is 0 Å². The summed E-state index contributed by atoms with van der Waals surface area (Å²) in [6.07, 6.45) is 5.78. The molecule has 0 unspecified atom stereocenters. The molecular weight excluding hydrogens is 340 g/mol.